The quantitative estimate of drug-likeness (QED) is 0.717. The fraction of sp³-hybridized carbons (Fsp3) is 0.556. The molecule has 1 saturated carbocycles. The molecule has 4 heteroatoms. The number of aliphatic hydroxyl groups is 1. The van der Waals surface area contributed by atoms with Crippen LogP contribution in [0.25, 0.3) is 0 Å². The molecule has 0 bridgehead atoms. The van der Waals surface area contributed by atoms with E-state index in [9.17, 15) is 5.11 Å². The molecule has 5 rings (SSSR count). The standard InChI is InChI=1S/C27H36N2O2/c1-31-26-10-6-5-9-23(26)20-13-16-28(17-14-20)24-15-18-29(27(24)22-11-12-22)25(19-30)21-7-3-2-4-8-21/h2-10,20,22,24-25,27,30H,11-19H2,1H3/t24-,25?,27?/m1/s1. The number of methoxy groups -OCH3 is 1. The van der Waals surface area contributed by atoms with E-state index >= 15 is 0 Å². The van der Waals surface area contributed by atoms with Crippen molar-refractivity contribution in [3.63, 3.8) is 0 Å². The van der Waals surface area contributed by atoms with E-state index < -0.39 is 0 Å². The molecule has 0 spiro atoms. The molecule has 3 atom stereocenters. The van der Waals surface area contributed by atoms with Crippen LogP contribution in [0, 0.1) is 5.92 Å². The van der Waals surface area contributed by atoms with E-state index in [1.165, 1.54) is 56.3 Å². The van der Waals surface area contributed by atoms with Gasteiger partial charge in [0.2, 0.25) is 0 Å². The fourth-order valence-corrected chi connectivity index (χ4v) is 6.23. The van der Waals surface area contributed by atoms with Crippen LogP contribution in [-0.4, -0.2) is 60.3 Å². The van der Waals surface area contributed by atoms with Gasteiger partial charge in [-0.2, -0.15) is 0 Å². The highest BCUT2D eigenvalue weighted by atomic mass is 16.5. The molecule has 166 valence electrons. The highest BCUT2D eigenvalue weighted by molar-refractivity contribution is 5.36. The van der Waals surface area contributed by atoms with Crippen LogP contribution >= 0.6 is 0 Å². The van der Waals surface area contributed by atoms with Crippen LogP contribution in [0.15, 0.2) is 54.6 Å². The van der Waals surface area contributed by atoms with Crippen molar-refractivity contribution in [2.75, 3.05) is 33.4 Å². The number of ether oxygens (including phenoxy) is 1. The van der Waals surface area contributed by atoms with Gasteiger partial charge in [-0.1, -0.05) is 48.5 Å². The van der Waals surface area contributed by atoms with Crippen LogP contribution in [0.4, 0.5) is 0 Å². The van der Waals surface area contributed by atoms with Gasteiger partial charge in [0.15, 0.2) is 0 Å². The molecular formula is C27H36N2O2. The number of hydrogen-bond donors (Lipinski definition) is 1. The summed E-state index contributed by atoms with van der Waals surface area (Å²) in [6.07, 6.45) is 6.33. The first-order chi connectivity index (χ1) is 15.3. The lowest BCUT2D eigenvalue weighted by atomic mass is 9.87. The third-order valence-corrected chi connectivity index (χ3v) is 7.90. The van der Waals surface area contributed by atoms with Gasteiger partial charge in [-0.15, -0.1) is 0 Å². The zero-order valence-electron chi connectivity index (χ0n) is 18.7. The molecule has 0 aromatic heterocycles. The number of piperidine rings is 1. The number of benzene rings is 2. The van der Waals surface area contributed by atoms with Gasteiger partial charge in [-0.25, -0.2) is 0 Å². The number of rotatable bonds is 7. The third kappa shape index (κ3) is 4.26. The van der Waals surface area contributed by atoms with Crippen molar-refractivity contribution in [1.29, 1.82) is 0 Å². The van der Waals surface area contributed by atoms with Gasteiger partial charge in [0, 0.05) is 18.6 Å². The van der Waals surface area contributed by atoms with E-state index in [-0.39, 0.29) is 12.6 Å². The molecule has 31 heavy (non-hydrogen) atoms. The smallest absolute Gasteiger partial charge is 0.122 e. The van der Waals surface area contributed by atoms with Gasteiger partial charge in [0.25, 0.3) is 0 Å². The SMILES string of the molecule is COc1ccccc1C1CCN([C@@H]2CCN(C(CO)c3ccccc3)C2C2CC2)CC1. The van der Waals surface area contributed by atoms with Crippen molar-refractivity contribution >= 4 is 0 Å². The van der Waals surface area contributed by atoms with E-state index in [0.29, 0.717) is 18.0 Å². The van der Waals surface area contributed by atoms with Gasteiger partial charge in [0.1, 0.15) is 5.75 Å². The van der Waals surface area contributed by atoms with E-state index in [4.69, 9.17) is 4.74 Å². The van der Waals surface area contributed by atoms with Crippen LogP contribution in [0.1, 0.15) is 55.2 Å². The summed E-state index contributed by atoms with van der Waals surface area (Å²) >= 11 is 0. The van der Waals surface area contributed by atoms with Gasteiger partial charge < -0.3 is 9.84 Å². The Labute approximate surface area is 186 Å². The Balaban J connectivity index is 1.29. The zero-order chi connectivity index (χ0) is 21.2. The molecule has 1 aliphatic carbocycles. The van der Waals surface area contributed by atoms with Crippen LogP contribution in [0.3, 0.4) is 0 Å². The average Bonchev–Trinajstić information content (AvgIpc) is 3.59. The van der Waals surface area contributed by atoms with Crippen molar-refractivity contribution in [3.05, 3.63) is 65.7 Å². The number of nitrogens with zero attached hydrogens (tertiary/aromatic N) is 2. The van der Waals surface area contributed by atoms with Gasteiger partial charge >= 0.3 is 0 Å². The van der Waals surface area contributed by atoms with Crippen LogP contribution in [-0.2, 0) is 0 Å². The normalized spacial score (nSPS) is 26.8. The first-order valence-electron chi connectivity index (χ1n) is 12.1. The minimum absolute atomic E-state index is 0.128. The van der Waals surface area contributed by atoms with Crippen LogP contribution < -0.4 is 4.74 Å². The molecular weight excluding hydrogens is 384 g/mol. The molecule has 0 amide bonds. The maximum absolute atomic E-state index is 10.3. The van der Waals surface area contributed by atoms with E-state index in [0.717, 1.165) is 18.2 Å². The summed E-state index contributed by atoms with van der Waals surface area (Å²) < 4.78 is 5.63. The van der Waals surface area contributed by atoms with E-state index in [2.05, 4.69) is 64.4 Å². The second kappa shape index (κ2) is 9.32. The van der Waals surface area contributed by atoms with Crippen molar-refractivity contribution in [2.24, 2.45) is 5.92 Å². The minimum Gasteiger partial charge on any atom is -0.496 e. The summed E-state index contributed by atoms with van der Waals surface area (Å²) in [5.74, 6) is 2.44. The van der Waals surface area contributed by atoms with Crippen LogP contribution in [0.2, 0.25) is 0 Å². The summed E-state index contributed by atoms with van der Waals surface area (Å²) in [6, 6.07) is 20.5. The second-order valence-electron chi connectivity index (χ2n) is 9.58. The monoisotopic (exact) mass is 420 g/mol. The van der Waals surface area contributed by atoms with Gasteiger partial charge in [-0.05, 0) is 74.2 Å². The maximum atomic E-state index is 10.3. The van der Waals surface area contributed by atoms with E-state index in [1.54, 1.807) is 7.11 Å². The lowest BCUT2D eigenvalue weighted by Crippen LogP contribution is -2.50. The Morgan fingerprint density at radius 3 is 2.29 bits per heavy atom. The molecule has 3 fully saturated rings. The molecule has 2 aromatic rings. The van der Waals surface area contributed by atoms with E-state index in [1.807, 2.05) is 0 Å². The molecule has 0 radical (unpaired) electrons. The molecule has 2 aliphatic heterocycles. The Kier molecular flexibility index (Phi) is 6.31. The molecule has 2 aromatic carbocycles. The molecule has 1 N–H and O–H groups in total. The first-order valence-corrected chi connectivity index (χ1v) is 12.1. The summed E-state index contributed by atoms with van der Waals surface area (Å²) in [7, 11) is 1.78. The van der Waals surface area contributed by atoms with Crippen molar-refractivity contribution < 1.29 is 9.84 Å². The molecule has 2 unspecified atom stereocenters. The Hall–Kier alpha value is -1.88. The number of aliphatic hydroxyl groups excluding tert-OH is 1. The molecule has 3 aliphatic rings. The molecule has 2 heterocycles. The number of likely N-dealkylation sites (tertiary alicyclic amines) is 2. The number of para-hydroxylation sites is 1. The predicted octanol–water partition coefficient (Wildman–Crippen LogP) is 4.46. The highest BCUT2D eigenvalue weighted by Crippen LogP contribution is 2.46. The first kappa shape index (κ1) is 21.0. The lowest BCUT2D eigenvalue weighted by molar-refractivity contribution is 0.0610. The lowest BCUT2D eigenvalue weighted by Gasteiger charge is -2.41. The Morgan fingerprint density at radius 2 is 1.61 bits per heavy atom. The van der Waals surface area contributed by atoms with Gasteiger partial charge in [0.05, 0.1) is 19.8 Å². The van der Waals surface area contributed by atoms with Crippen molar-refractivity contribution in [2.45, 2.75) is 56.1 Å². The fourth-order valence-electron chi connectivity index (χ4n) is 6.23. The average molecular weight is 421 g/mol. The van der Waals surface area contributed by atoms with Crippen LogP contribution in [0.5, 0.6) is 5.75 Å². The predicted molar refractivity (Wildman–Crippen MR) is 124 cm³/mol. The highest BCUT2D eigenvalue weighted by Gasteiger charge is 2.48. The van der Waals surface area contributed by atoms with Crippen molar-refractivity contribution in [1.82, 2.24) is 9.80 Å². The minimum atomic E-state index is 0.128. The molecule has 4 nitrogen and oxygen atoms in total. The number of hydrogen-bond acceptors (Lipinski definition) is 4. The summed E-state index contributed by atoms with van der Waals surface area (Å²) in [4.78, 5) is 5.41. The Bertz CT molecular complexity index is 845. The third-order valence-electron chi connectivity index (χ3n) is 7.90. The zero-order valence-corrected chi connectivity index (χ0v) is 18.7. The topological polar surface area (TPSA) is 35.9 Å². The van der Waals surface area contributed by atoms with Crippen molar-refractivity contribution in [3.8, 4) is 5.75 Å². The summed E-state index contributed by atoms with van der Waals surface area (Å²) in [5.41, 5.74) is 2.63. The Morgan fingerprint density at radius 1 is 0.903 bits per heavy atom. The largest absolute Gasteiger partial charge is 0.496 e. The second-order valence-corrected chi connectivity index (χ2v) is 9.58. The maximum Gasteiger partial charge on any atom is 0.122 e. The molecule has 2 saturated heterocycles. The summed E-state index contributed by atoms with van der Waals surface area (Å²) in [6.45, 7) is 3.63. The van der Waals surface area contributed by atoms with Gasteiger partial charge in [-0.3, -0.25) is 9.80 Å². The summed E-state index contributed by atoms with van der Waals surface area (Å²) in [5, 5.41) is 10.3.